The summed E-state index contributed by atoms with van der Waals surface area (Å²) in [4.78, 5) is 7.16. The number of likely N-dealkylation sites (tertiary alicyclic amines) is 1. The van der Waals surface area contributed by atoms with Crippen LogP contribution in [-0.4, -0.2) is 47.8 Å². The Morgan fingerprint density at radius 1 is 1.13 bits per heavy atom. The quantitative estimate of drug-likeness (QED) is 0.672. The minimum absolute atomic E-state index is 0.441. The van der Waals surface area contributed by atoms with E-state index in [4.69, 9.17) is 15.5 Å². The summed E-state index contributed by atoms with van der Waals surface area (Å²) < 4.78 is 5.90. The molecule has 1 aromatic rings. The molecule has 3 heterocycles. The molecule has 1 atom stereocenters. The fourth-order valence-corrected chi connectivity index (χ4v) is 4.96. The van der Waals surface area contributed by atoms with E-state index in [1.165, 1.54) is 38.8 Å². The van der Waals surface area contributed by atoms with E-state index in [9.17, 15) is 0 Å². The number of fused-ring (bicyclic) bond motifs is 1. The lowest BCUT2D eigenvalue weighted by Gasteiger charge is -2.43. The fourth-order valence-electron chi connectivity index (χ4n) is 4.96. The first-order valence-corrected chi connectivity index (χ1v) is 11.3. The number of hydrogen-bond acceptors (Lipinski definition) is 7. The van der Waals surface area contributed by atoms with Crippen LogP contribution in [0, 0.1) is 5.92 Å². The molecule has 0 aromatic heterocycles. The first-order valence-electron chi connectivity index (χ1n) is 11.3. The average Bonchev–Trinajstić information content (AvgIpc) is 3.52. The monoisotopic (exact) mass is 408 g/mol. The summed E-state index contributed by atoms with van der Waals surface area (Å²) in [5.74, 6) is 2.89. The molecular weight excluding hydrogens is 376 g/mol. The molecule has 1 saturated heterocycles. The summed E-state index contributed by atoms with van der Waals surface area (Å²) in [6.07, 6.45) is 13.6. The molecule has 2 fully saturated rings. The third-order valence-electron chi connectivity index (χ3n) is 6.67. The van der Waals surface area contributed by atoms with Crippen molar-refractivity contribution >= 4 is 11.6 Å². The Balaban J connectivity index is 1.17. The number of hydrazine groups is 1. The standard InChI is InChI=1S/C23H32N6O/c24-23(18-6-1-2-7-18)13-5-8-21-26-22(27-29(21)23)25-19-9-11-20(12-10-19)30-17-16-28-14-3-4-15-28/h5,8-13,18H,1-4,6-7,14-17,24H2,(H2,25,26,27). The minimum Gasteiger partial charge on any atom is -0.492 e. The maximum absolute atomic E-state index is 6.83. The SMILES string of the molecule is NC1(C2CCCC2)C=CC=C2N=C(Nc3ccc(OCCN4CCCC4)cc3)NN21. The topological polar surface area (TPSA) is 78.1 Å². The smallest absolute Gasteiger partial charge is 0.221 e. The first-order chi connectivity index (χ1) is 14.7. The van der Waals surface area contributed by atoms with Crippen LogP contribution in [-0.2, 0) is 0 Å². The van der Waals surface area contributed by atoms with Crippen LogP contribution < -0.4 is 21.2 Å². The second-order valence-electron chi connectivity index (χ2n) is 8.71. The summed E-state index contributed by atoms with van der Waals surface area (Å²) in [5, 5.41) is 5.38. The highest BCUT2D eigenvalue weighted by Crippen LogP contribution is 2.39. The van der Waals surface area contributed by atoms with Gasteiger partial charge in [-0.15, -0.1) is 0 Å². The first kappa shape index (κ1) is 19.5. The predicted molar refractivity (Wildman–Crippen MR) is 120 cm³/mol. The Labute approximate surface area is 178 Å². The molecule has 0 radical (unpaired) electrons. The van der Waals surface area contributed by atoms with E-state index in [0.717, 1.165) is 43.3 Å². The van der Waals surface area contributed by atoms with Crippen molar-refractivity contribution in [3.8, 4) is 5.75 Å². The number of rotatable bonds is 6. The highest BCUT2D eigenvalue weighted by molar-refractivity contribution is 5.95. The van der Waals surface area contributed by atoms with Crippen LogP contribution in [0.25, 0.3) is 0 Å². The van der Waals surface area contributed by atoms with Gasteiger partial charge in [0.25, 0.3) is 0 Å². The number of guanidine groups is 1. The van der Waals surface area contributed by atoms with Gasteiger partial charge in [-0.2, -0.15) is 4.99 Å². The second kappa shape index (κ2) is 8.32. The van der Waals surface area contributed by atoms with Crippen molar-refractivity contribution in [2.45, 2.75) is 44.2 Å². The van der Waals surface area contributed by atoms with Gasteiger partial charge in [0, 0.05) is 18.2 Å². The number of aliphatic imine (C=N–C) groups is 1. The Hall–Kier alpha value is -2.51. The highest BCUT2D eigenvalue weighted by Gasteiger charge is 2.44. The molecule has 30 heavy (non-hydrogen) atoms. The molecule has 3 aliphatic heterocycles. The number of hydrogen-bond donors (Lipinski definition) is 3. The van der Waals surface area contributed by atoms with Crippen molar-refractivity contribution in [2.24, 2.45) is 16.6 Å². The minimum atomic E-state index is -0.527. The van der Waals surface area contributed by atoms with Gasteiger partial charge in [-0.05, 0) is 75.2 Å². The molecule has 7 nitrogen and oxygen atoms in total. The lowest BCUT2D eigenvalue weighted by atomic mass is 9.89. The number of benzene rings is 1. The molecule has 0 amide bonds. The zero-order chi connectivity index (χ0) is 20.4. The molecule has 160 valence electrons. The van der Waals surface area contributed by atoms with Gasteiger partial charge in [0.2, 0.25) is 5.96 Å². The number of nitrogens with one attached hydrogen (secondary N) is 2. The summed E-state index contributed by atoms with van der Waals surface area (Å²) >= 11 is 0. The van der Waals surface area contributed by atoms with Gasteiger partial charge in [0.05, 0.1) is 0 Å². The highest BCUT2D eigenvalue weighted by atomic mass is 16.5. The average molecular weight is 409 g/mol. The summed E-state index contributed by atoms with van der Waals surface area (Å²) in [6, 6.07) is 8.04. The third kappa shape index (κ3) is 3.91. The number of anilines is 1. The molecule has 1 unspecified atom stereocenters. The molecule has 1 aliphatic carbocycles. The maximum atomic E-state index is 6.83. The van der Waals surface area contributed by atoms with E-state index >= 15 is 0 Å². The van der Waals surface area contributed by atoms with Crippen molar-refractivity contribution in [2.75, 3.05) is 31.6 Å². The summed E-state index contributed by atoms with van der Waals surface area (Å²) in [5.41, 5.74) is 10.6. The molecule has 0 bridgehead atoms. The lowest BCUT2D eigenvalue weighted by molar-refractivity contribution is 0.0942. The third-order valence-corrected chi connectivity index (χ3v) is 6.67. The number of allylic oxidation sites excluding steroid dienone is 2. The molecule has 4 N–H and O–H groups in total. The summed E-state index contributed by atoms with van der Waals surface area (Å²) in [7, 11) is 0. The Bertz CT molecular complexity index is 836. The molecule has 5 rings (SSSR count). The van der Waals surface area contributed by atoms with E-state index in [1.807, 2.05) is 41.4 Å². The van der Waals surface area contributed by atoms with Gasteiger partial charge in [-0.1, -0.05) is 18.9 Å². The van der Waals surface area contributed by atoms with Gasteiger partial charge in [0.1, 0.15) is 18.0 Å². The van der Waals surface area contributed by atoms with E-state index < -0.39 is 5.66 Å². The van der Waals surface area contributed by atoms with E-state index in [0.29, 0.717) is 11.9 Å². The maximum Gasteiger partial charge on any atom is 0.221 e. The van der Waals surface area contributed by atoms with Crippen molar-refractivity contribution in [3.63, 3.8) is 0 Å². The van der Waals surface area contributed by atoms with Gasteiger partial charge >= 0.3 is 0 Å². The van der Waals surface area contributed by atoms with Crippen LogP contribution in [0.1, 0.15) is 38.5 Å². The molecular formula is C23H32N6O. The number of ether oxygens (including phenoxy) is 1. The van der Waals surface area contributed by atoms with Crippen LogP contribution in [0.2, 0.25) is 0 Å². The number of nitrogens with zero attached hydrogens (tertiary/aromatic N) is 3. The molecule has 4 aliphatic rings. The Kier molecular flexibility index (Phi) is 5.39. The van der Waals surface area contributed by atoms with Crippen LogP contribution in [0.5, 0.6) is 5.75 Å². The van der Waals surface area contributed by atoms with Gasteiger partial charge in [0.15, 0.2) is 5.82 Å². The van der Waals surface area contributed by atoms with Crippen LogP contribution >= 0.6 is 0 Å². The van der Waals surface area contributed by atoms with Gasteiger partial charge in [-0.25, -0.2) is 5.01 Å². The van der Waals surface area contributed by atoms with Crippen molar-refractivity contribution in [1.82, 2.24) is 15.3 Å². The Morgan fingerprint density at radius 2 is 1.90 bits per heavy atom. The van der Waals surface area contributed by atoms with Crippen molar-refractivity contribution in [1.29, 1.82) is 0 Å². The zero-order valence-electron chi connectivity index (χ0n) is 17.5. The van der Waals surface area contributed by atoms with Crippen molar-refractivity contribution < 1.29 is 4.74 Å². The zero-order valence-corrected chi connectivity index (χ0v) is 17.5. The lowest BCUT2D eigenvalue weighted by Crippen LogP contribution is -2.63. The van der Waals surface area contributed by atoms with Crippen molar-refractivity contribution in [3.05, 3.63) is 48.3 Å². The normalized spacial score (nSPS) is 26.4. The Morgan fingerprint density at radius 3 is 2.67 bits per heavy atom. The molecule has 1 aromatic carbocycles. The van der Waals surface area contributed by atoms with E-state index in [-0.39, 0.29) is 0 Å². The van der Waals surface area contributed by atoms with E-state index in [1.54, 1.807) is 0 Å². The van der Waals surface area contributed by atoms with Crippen LogP contribution in [0.15, 0.2) is 53.3 Å². The fraction of sp³-hybridized carbons (Fsp3) is 0.522. The van der Waals surface area contributed by atoms with E-state index in [2.05, 4.69) is 21.7 Å². The molecule has 7 heteroatoms. The largest absolute Gasteiger partial charge is 0.492 e. The number of nitrogens with two attached hydrogens (primary N) is 1. The van der Waals surface area contributed by atoms with Gasteiger partial charge < -0.3 is 15.8 Å². The summed E-state index contributed by atoms with van der Waals surface area (Å²) in [6.45, 7) is 4.14. The van der Waals surface area contributed by atoms with Crippen LogP contribution in [0.3, 0.4) is 0 Å². The molecule has 1 saturated carbocycles. The second-order valence-corrected chi connectivity index (χ2v) is 8.71. The van der Waals surface area contributed by atoms with Gasteiger partial charge in [-0.3, -0.25) is 10.3 Å². The predicted octanol–water partition coefficient (Wildman–Crippen LogP) is 3.01. The van der Waals surface area contributed by atoms with Crippen LogP contribution in [0.4, 0.5) is 5.69 Å². The molecule has 0 spiro atoms.